The molecule has 6 rings (SSSR count). The van der Waals surface area contributed by atoms with E-state index < -0.39 is 35.2 Å². The third kappa shape index (κ3) is 2.76. The molecule has 0 saturated carbocycles. The lowest BCUT2D eigenvalue weighted by Gasteiger charge is -2.55. The summed E-state index contributed by atoms with van der Waals surface area (Å²) in [6.45, 7) is 4.12. The Morgan fingerprint density at radius 1 is 1.30 bits per heavy atom. The van der Waals surface area contributed by atoms with Crippen LogP contribution in [0.25, 0.3) is 21.8 Å². The van der Waals surface area contributed by atoms with E-state index in [1.54, 1.807) is 6.20 Å². The maximum Gasteiger partial charge on any atom is 0.242 e. The molecule has 2 fully saturated rings. The summed E-state index contributed by atoms with van der Waals surface area (Å²) in [7, 11) is 0. The van der Waals surface area contributed by atoms with Gasteiger partial charge in [0.2, 0.25) is 17.4 Å². The van der Waals surface area contributed by atoms with Crippen molar-refractivity contribution < 1.29 is 23.6 Å². The number of morpholine rings is 1. The van der Waals surface area contributed by atoms with Crippen molar-refractivity contribution in [3.8, 4) is 10.7 Å². The molecule has 1 N–H and O–H groups in total. The van der Waals surface area contributed by atoms with E-state index in [2.05, 4.69) is 15.5 Å². The Morgan fingerprint density at radius 2 is 2.12 bits per heavy atom. The first-order valence-corrected chi connectivity index (χ1v) is 11.7. The second-order valence-corrected chi connectivity index (χ2v) is 9.91. The van der Waals surface area contributed by atoms with Gasteiger partial charge in [0.1, 0.15) is 21.0 Å². The number of fused-ring (bicyclic) bond motifs is 5. The van der Waals surface area contributed by atoms with Gasteiger partial charge in [0, 0.05) is 24.5 Å². The number of carbonyl (C=O) groups excluding carboxylic acids is 3. The Labute approximate surface area is 196 Å². The summed E-state index contributed by atoms with van der Waals surface area (Å²) in [5, 5.41) is 9.25. The van der Waals surface area contributed by atoms with E-state index in [1.165, 1.54) is 11.3 Å². The predicted molar refractivity (Wildman–Crippen MR) is 118 cm³/mol. The van der Waals surface area contributed by atoms with Gasteiger partial charge in [-0.05, 0) is 13.8 Å². The van der Waals surface area contributed by atoms with E-state index in [1.807, 2.05) is 24.1 Å². The van der Waals surface area contributed by atoms with E-state index in [9.17, 15) is 14.4 Å². The minimum absolute atomic E-state index is 0.0122. The molecule has 1 spiro atoms. The number of anilines is 1. The number of nitrogens with zero attached hydrogens (tertiary/aromatic N) is 4. The van der Waals surface area contributed by atoms with Crippen LogP contribution >= 0.6 is 22.9 Å². The number of imide groups is 1. The van der Waals surface area contributed by atoms with Crippen molar-refractivity contribution in [2.45, 2.75) is 44.9 Å². The van der Waals surface area contributed by atoms with Crippen LogP contribution in [0.3, 0.4) is 0 Å². The molecule has 0 aliphatic carbocycles. The van der Waals surface area contributed by atoms with Crippen molar-refractivity contribution in [3.63, 3.8) is 0 Å². The number of aromatic nitrogens is 3. The molecule has 3 aliphatic heterocycles. The number of hydrogen-bond acceptors (Lipinski definition) is 10. The Balaban J connectivity index is 1.61. The van der Waals surface area contributed by atoms with Crippen molar-refractivity contribution in [1.29, 1.82) is 0 Å². The van der Waals surface area contributed by atoms with Gasteiger partial charge in [-0.15, -0.1) is 11.3 Å². The summed E-state index contributed by atoms with van der Waals surface area (Å²) in [6, 6.07) is -0.653. The van der Waals surface area contributed by atoms with Crippen LogP contribution in [0.1, 0.15) is 26.0 Å². The topological polar surface area (TPSA) is 128 Å². The first kappa shape index (κ1) is 20.7. The largest absolute Gasteiger partial charge is 0.372 e. The van der Waals surface area contributed by atoms with Gasteiger partial charge in [0.25, 0.3) is 0 Å². The van der Waals surface area contributed by atoms with Crippen LogP contribution in [0, 0.1) is 5.41 Å². The van der Waals surface area contributed by atoms with Gasteiger partial charge in [0.15, 0.2) is 11.5 Å². The summed E-state index contributed by atoms with van der Waals surface area (Å²) >= 11 is 8.24. The fraction of sp³-hybridized carbons (Fsp3) is 0.429. The van der Waals surface area contributed by atoms with Crippen molar-refractivity contribution in [3.05, 3.63) is 22.3 Å². The summed E-state index contributed by atoms with van der Waals surface area (Å²) in [4.78, 5) is 49.6. The summed E-state index contributed by atoms with van der Waals surface area (Å²) in [5.41, 5.74) is 0.723. The van der Waals surface area contributed by atoms with Crippen LogP contribution in [0.4, 0.5) is 5.69 Å². The van der Waals surface area contributed by atoms with Gasteiger partial charge < -0.3 is 14.2 Å². The number of carbonyl (C=O) groups is 3. The molecule has 3 aromatic rings. The van der Waals surface area contributed by atoms with E-state index >= 15 is 0 Å². The molecule has 170 valence electrons. The Bertz CT molecular complexity index is 1320. The number of amides is 2. The number of hydrogen-bond donors (Lipinski definition) is 1. The molecule has 0 bridgehead atoms. The highest BCUT2D eigenvalue weighted by Crippen LogP contribution is 2.51. The van der Waals surface area contributed by atoms with Crippen LogP contribution in [0.15, 0.2) is 16.1 Å². The summed E-state index contributed by atoms with van der Waals surface area (Å²) in [6.07, 6.45) is 0.605. The fourth-order valence-corrected chi connectivity index (χ4v) is 6.39. The predicted octanol–water partition coefficient (Wildman–Crippen LogP) is 2.14. The average molecular weight is 488 g/mol. The highest BCUT2D eigenvalue weighted by molar-refractivity contribution is 7.13. The molecule has 10 nitrogen and oxygen atoms in total. The quantitative estimate of drug-likeness (QED) is 0.405. The number of ketones is 1. The third-order valence-corrected chi connectivity index (χ3v) is 7.76. The standard InChI is InChI=1S/C21H18ClN5O5S/c1-8-7-27-16-10(24-14-15(19-23-3-4-33-19)26-32-17(14)13(16)22)6-21(18(27)9(2)31-8)11(28)5-12(29)25-20(21)30/h3-4,8-9,18H,5-7H2,1-2H3,(H,25,29,30)/t8-,9+,18-,21?/m1/s1. The maximum absolute atomic E-state index is 13.4. The maximum atomic E-state index is 13.4. The zero-order valence-corrected chi connectivity index (χ0v) is 19.2. The van der Waals surface area contributed by atoms with Crippen molar-refractivity contribution in [2.24, 2.45) is 5.41 Å². The molecular formula is C21H18ClN5O5S. The van der Waals surface area contributed by atoms with Gasteiger partial charge in [-0.3, -0.25) is 19.7 Å². The number of Topliss-reactive ketones (excluding diaryl/α,β-unsaturated/α-hetero) is 1. The van der Waals surface area contributed by atoms with E-state index in [0.717, 1.165) is 0 Å². The lowest BCUT2D eigenvalue weighted by molar-refractivity contribution is -0.158. The minimum atomic E-state index is -1.52. The van der Waals surface area contributed by atoms with Crippen molar-refractivity contribution in [2.75, 3.05) is 11.4 Å². The van der Waals surface area contributed by atoms with Crippen LogP contribution < -0.4 is 10.2 Å². The molecule has 3 aliphatic rings. The zero-order valence-electron chi connectivity index (χ0n) is 17.6. The molecule has 12 heteroatoms. The van der Waals surface area contributed by atoms with Crippen molar-refractivity contribution in [1.82, 2.24) is 20.4 Å². The number of rotatable bonds is 1. The monoisotopic (exact) mass is 487 g/mol. The number of halogens is 1. The zero-order chi connectivity index (χ0) is 23.1. The first-order valence-electron chi connectivity index (χ1n) is 10.5. The number of thiazole rings is 1. The molecular weight excluding hydrogens is 470 g/mol. The van der Waals surface area contributed by atoms with E-state index in [-0.39, 0.29) is 18.9 Å². The van der Waals surface area contributed by atoms with Crippen LogP contribution in [0.5, 0.6) is 0 Å². The Morgan fingerprint density at radius 3 is 2.85 bits per heavy atom. The molecule has 0 radical (unpaired) electrons. The third-order valence-electron chi connectivity index (χ3n) is 6.63. The summed E-state index contributed by atoms with van der Waals surface area (Å²) < 4.78 is 11.6. The molecule has 6 heterocycles. The molecule has 2 amide bonds. The first-order chi connectivity index (χ1) is 15.8. The van der Waals surface area contributed by atoms with Gasteiger partial charge in [-0.1, -0.05) is 16.8 Å². The van der Waals surface area contributed by atoms with Crippen LogP contribution in [-0.2, 0) is 25.5 Å². The normalized spacial score (nSPS) is 29.4. The van der Waals surface area contributed by atoms with Crippen LogP contribution in [-0.4, -0.2) is 57.5 Å². The highest BCUT2D eigenvalue weighted by Gasteiger charge is 2.63. The number of nitrogens with one attached hydrogen (secondary N) is 1. The molecule has 0 aromatic carbocycles. The lowest BCUT2D eigenvalue weighted by Crippen LogP contribution is -2.72. The van der Waals surface area contributed by atoms with Crippen molar-refractivity contribution >= 4 is 57.3 Å². The number of ether oxygens (including phenoxy) is 1. The SMILES string of the molecule is C[C@@H]1CN2c3c(nc4c(-c5nccs5)noc4c3Cl)CC3(C(=O)CC(=O)NC3=O)[C@H]2[C@H](C)O1. The molecule has 4 atom stereocenters. The molecule has 2 saturated heterocycles. The van der Waals surface area contributed by atoms with Gasteiger partial charge in [-0.2, -0.15) is 0 Å². The summed E-state index contributed by atoms with van der Waals surface area (Å²) in [5.74, 6) is -1.67. The average Bonchev–Trinajstić information content (AvgIpc) is 3.41. The second kappa shape index (κ2) is 7.05. The smallest absolute Gasteiger partial charge is 0.242 e. The second-order valence-electron chi connectivity index (χ2n) is 8.64. The van der Waals surface area contributed by atoms with Gasteiger partial charge >= 0.3 is 0 Å². The molecule has 33 heavy (non-hydrogen) atoms. The molecule has 1 unspecified atom stereocenters. The Kier molecular flexibility index (Phi) is 4.42. The fourth-order valence-electron chi connectivity index (χ4n) is 5.44. The van der Waals surface area contributed by atoms with E-state index in [4.69, 9.17) is 25.8 Å². The highest BCUT2D eigenvalue weighted by atomic mass is 35.5. The number of pyridine rings is 1. The number of piperidine rings is 1. The van der Waals surface area contributed by atoms with Gasteiger partial charge in [-0.25, -0.2) is 9.97 Å². The van der Waals surface area contributed by atoms with Gasteiger partial charge in [0.05, 0.1) is 36.1 Å². The Hall–Kier alpha value is -2.89. The lowest BCUT2D eigenvalue weighted by atomic mass is 9.64. The molecule has 3 aromatic heterocycles. The minimum Gasteiger partial charge on any atom is -0.372 e. The van der Waals surface area contributed by atoms with Crippen LogP contribution in [0.2, 0.25) is 5.02 Å². The van der Waals surface area contributed by atoms with E-state index in [0.29, 0.717) is 44.7 Å².